The maximum absolute atomic E-state index is 11.6. The van der Waals surface area contributed by atoms with Gasteiger partial charge in [-0.25, -0.2) is 4.98 Å². The number of aliphatic carboxylic acids is 1. The number of carbonyl (C=O) groups is 1. The van der Waals surface area contributed by atoms with Crippen LogP contribution in [0.15, 0.2) is 24.5 Å². The van der Waals surface area contributed by atoms with Crippen molar-refractivity contribution in [2.75, 3.05) is 26.2 Å². The number of piperazine rings is 1. The molecule has 0 amide bonds. The fraction of sp³-hybridized carbons (Fsp3) is 0.385. The van der Waals surface area contributed by atoms with Crippen molar-refractivity contribution in [3.05, 3.63) is 30.1 Å². The lowest BCUT2D eigenvalue weighted by molar-refractivity contribution is -0.143. The van der Waals surface area contributed by atoms with E-state index in [2.05, 4.69) is 15.3 Å². The third-order valence-corrected chi connectivity index (χ3v) is 3.51. The molecule has 1 aromatic carbocycles. The molecule has 1 saturated heterocycles. The van der Waals surface area contributed by atoms with E-state index in [-0.39, 0.29) is 0 Å². The molecule has 19 heavy (non-hydrogen) atoms. The molecule has 0 aliphatic carbocycles. The number of rotatable bonds is 3. The van der Waals surface area contributed by atoms with E-state index in [0.29, 0.717) is 0 Å². The monoisotopic (exact) mass is 260 g/mol. The average Bonchev–Trinajstić information content (AvgIpc) is 2.87. The molecule has 100 valence electrons. The Balaban J connectivity index is 1.95. The maximum atomic E-state index is 11.6. The quantitative estimate of drug-likeness (QED) is 0.752. The molecule has 6 nitrogen and oxygen atoms in total. The van der Waals surface area contributed by atoms with Gasteiger partial charge >= 0.3 is 5.97 Å². The Labute approximate surface area is 110 Å². The number of imidazole rings is 1. The van der Waals surface area contributed by atoms with Gasteiger partial charge in [0.25, 0.3) is 0 Å². The summed E-state index contributed by atoms with van der Waals surface area (Å²) in [4.78, 5) is 20.8. The van der Waals surface area contributed by atoms with Gasteiger partial charge in [0.1, 0.15) is 6.04 Å². The van der Waals surface area contributed by atoms with Crippen LogP contribution in [0.1, 0.15) is 11.6 Å². The normalized spacial score (nSPS) is 18.5. The Morgan fingerprint density at radius 2 is 2.16 bits per heavy atom. The first kappa shape index (κ1) is 12.1. The van der Waals surface area contributed by atoms with Crippen LogP contribution in [0.3, 0.4) is 0 Å². The molecule has 6 heteroatoms. The number of hydrogen-bond acceptors (Lipinski definition) is 4. The minimum absolute atomic E-state index is 0.588. The number of fused-ring (bicyclic) bond motifs is 1. The van der Waals surface area contributed by atoms with Gasteiger partial charge in [-0.2, -0.15) is 0 Å². The van der Waals surface area contributed by atoms with Crippen LogP contribution in [0.4, 0.5) is 0 Å². The summed E-state index contributed by atoms with van der Waals surface area (Å²) in [7, 11) is 0. The molecule has 0 bridgehead atoms. The van der Waals surface area contributed by atoms with Crippen LogP contribution in [-0.2, 0) is 4.79 Å². The number of aromatic nitrogens is 2. The van der Waals surface area contributed by atoms with Gasteiger partial charge in [0.2, 0.25) is 0 Å². The van der Waals surface area contributed by atoms with E-state index >= 15 is 0 Å². The molecule has 1 atom stereocenters. The molecule has 1 aliphatic rings. The third kappa shape index (κ3) is 2.32. The minimum Gasteiger partial charge on any atom is -0.480 e. The highest BCUT2D eigenvalue weighted by Gasteiger charge is 2.28. The Morgan fingerprint density at radius 1 is 1.37 bits per heavy atom. The molecular weight excluding hydrogens is 244 g/mol. The van der Waals surface area contributed by atoms with E-state index in [9.17, 15) is 9.90 Å². The number of nitrogens with zero attached hydrogens (tertiary/aromatic N) is 2. The standard InChI is InChI=1S/C13H16N4O2/c18-13(19)12(17-5-3-14-4-6-17)9-1-2-10-11(7-9)16-8-15-10/h1-2,7-8,12,14H,3-6H2,(H,15,16)(H,18,19). The predicted molar refractivity (Wildman–Crippen MR) is 70.9 cm³/mol. The van der Waals surface area contributed by atoms with Crippen LogP contribution < -0.4 is 5.32 Å². The van der Waals surface area contributed by atoms with Gasteiger partial charge in [0.15, 0.2) is 0 Å². The van der Waals surface area contributed by atoms with Crippen molar-refractivity contribution >= 4 is 17.0 Å². The molecule has 1 aromatic heterocycles. The molecule has 1 aliphatic heterocycles. The van der Waals surface area contributed by atoms with Gasteiger partial charge in [-0.3, -0.25) is 9.69 Å². The summed E-state index contributed by atoms with van der Waals surface area (Å²) < 4.78 is 0. The van der Waals surface area contributed by atoms with Crippen molar-refractivity contribution in [3.8, 4) is 0 Å². The van der Waals surface area contributed by atoms with Crippen LogP contribution in [0, 0.1) is 0 Å². The van der Waals surface area contributed by atoms with Gasteiger partial charge < -0.3 is 15.4 Å². The summed E-state index contributed by atoms with van der Waals surface area (Å²) in [5.41, 5.74) is 2.53. The molecule has 2 aromatic rings. The van der Waals surface area contributed by atoms with Crippen LogP contribution in [0.5, 0.6) is 0 Å². The van der Waals surface area contributed by atoms with Gasteiger partial charge in [-0.05, 0) is 17.7 Å². The molecule has 1 fully saturated rings. The summed E-state index contributed by atoms with van der Waals surface area (Å²) in [5, 5.41) is 12.7. The van der Waals surface area contributed by atoms with Crippen molar-refractivity contribution in [1.82, 2.24) is 20.2 Å². The zero-order chi connectivity index (χ0) is 13.2. The second-order valence-corrected chi connectivity index (χ2v) is 4.71. The average molecular weight is 260 g/mol. The first-order chi connectivity index (χ1) is 9.25. The van der Waals surface area contributed by atoms with Crippen LogP contribution in [0.25, 0.3) is 11.0 Å². The van der Waals surface area contributed by atoms with E-state index in [0.717, 1.165) is 42.8 Å². The number of carboxylic acids is 1. The molecule has 0 saturated carbocycles. The number of aromatic amines is 1. The van der Waals surface area contributed by atoms with Crippen molar-refractivity contribution in [1.29, 1.82) is 0 Å². The third-order valence-electron chi connectivity index (χ3n) is 3.51. The fourth-order valence-electron chi connectivity index (χ4n) is 2.57. The largest absolute Gasteiger partial charge is 0.480 e. The Morgan fingerprint density at radius 3 is 2.89 bits per heavy atom. The second-order valence-electron chi connectivity index (χ2n) is 4.71. The topological polar surface area (TPSA) is 81.2 Å². The van der Waals surface area contributed by atoms with Crippen LogP contribution in [-0.4, -0.2) is 52.1 Å². The molecule has 0 spiro atoms. The lowest BCUT2D eigenvalue weighted by Crippen LogP contribution is -2.47. The molecule has 2 heterocycles. The summed E-state index contributed by atoms with van der Waals surface area (Å²) in [6.07, 6.45) is 1.62. The smallest absolute Gasteiger partial charge is 0.325 e. The Bertz CT molecular complexity index is 589. The first-order valence-electron chi connectivity index (χ1n) is 6.36. The van der Waals surface area contributed by atoms with Crippen molar-refractivity contribution < 1.29 is 9.90 Å². The highest BCUT2D eigenvalue weighted by molar-refractivity contribution is 5.80. The van der Waals surface area contributed by atoms with Gasteiger partial charge in [-0.1, -0.05) is 6.07 Å². The highest BCUT2D eigenvalue weighted by atomic mass is 16.4. The van der Waals surface area contributed by atoms with E-state index in [1.807, 2.05) is 23.1 Å². The number of carboxylic acid groups (broad SMARTS) is 1. The molecule has 0 radical (unpaired) electrons. The number of benzene rings is 1. The van der Waals surface area contributed by atoms with Crippen molar-refractivity contribution in [2.24, 2.45) is 0 Å². The minimum atomic E-state index is -0.805. The van der Waals surface area contributed by atoms with E-state index < -0.39 is 12.0 Å². The second kappa shape index (κ2) is 4.99. The summed E-state index contributed by atoms with van der Waals surface area (Å²) >= 11 is 0. The van der Waals surface area contributed by atoms with Crippen LogP contribution in [0.2, 0.25) is 0 Å². The maximum Gasteiger partial charge on any atom is 0.325 e. The first-order valence-corrected chi connectivity index (χ1v) is 6.36. The summed E-state index contributed by atoms with van der Waals surface area (Å²) in [5.74, 6) is -0.805. The molecule has 3 rings (SSSR count). The molecule has 1 unspecified atom stereocenters. The zero-order valence-corrected chi connectivity index (χ0v) is 10.5. The van der Waals surface area contributed by atoms with Crippen LogP contribution >= 0.6 is 0 Å². The van der Waals surface area contributed by atoms with E-state index in [1.165, 1.54) is 0 Å². The van der Waals surface area contributed by atoms with Gasteiger partial charge in [0.05, 0.1) is 17.4 Å². The van der Waals surface area contributed by atoms with Gasteiger partial charge in [0, 0.05) is 26.2 Å². The van der Waals surface area contributed by atoms with Crippen molar-refractivity contribution in [3.63, 3.8) is 0 Å². The number of H-pyrrole nitrogens is 1. The zero-order valence-electron chi connectivity index (χ0n) is 10.5. The Hall–Kier alpha value is -1.92. The Kier molecular flexibility index (Phi) is 3.18. The highest BCUT2D eigenvalue weighted by Crippen LogP contribution is 2.24. The molecule has 3 N–H and O–H groups in total. The molecular formula is C13H16N4O2. The lowest BCUT2D eigenvalue weighted by Gasteiger charge is -2.32. The SMILES string of the molecule is O=C(O)C(c1ccc2nc[nH]c2c1)N1CCNCC1. The van der Waals surface area contributed by atoms with Gasteiger partial charge in [-0.15, -0.1) is 0 Å². The predicted octanol–water partition coefficient (Wildman–Crippen LogP) is 0.594. The van der Waals surface area contributed by atoms with E-state index in [1.54, 1.807) is 6.33 Å². The van der Waals surface area contributed by atoms with Crippen molar-refractivity contribution in [2.45, 2.75) is 6.04 Å². The summed E-state index contributed by atoms with van der Waals surface area (Å²) in [6, 6.07) is 5.00. The number of nitrogens with one attached hydrogen (secondary N) is 2. The number of hydrogen-bond donors (Lipinski definition) is 3. The lowest BCUT2D eigenvalue weighted by atomic mass is 10.0. The van der Waals surface area contributed by atoms with E-state index in [4.69, 9.17) is 0 Å². The fourth-order valence-corrected chi connectivity index (χ4v) is 2.57. The summed E-state index contributed by atoms with van der Waals surface area (Å²) in [6.45, 7) is 3.15.